The highest BCUT2D eigenvalue weighted by Gasteiger charge is 2.33. The van der Waals surface area contributed by atoms with E-state index in [2.05, 4.69) is 0 Å². The molecule has 1 unspecified atom stereocenters. The Morgan fingerprint density at radius 1 is 1.50 bits per heavy atom. The van der Waals surface area contributed by atoms with Gasteiger partial charge in [-0.05, 0) is 13.6 Å². The summed E-state index contributed by atoms with van der Waals surface area (Å²) in [5, 5.41) is 7.20. The standard InChI is InChI=1S/C14H18F2N3O2P/c1-3-18(8-17)13-11(15)4-9(5-12(13)16)19-6-10(7-22-2)21-14(19)20/h4-5,8,10,17,22H,3,6-7H2,1-2H3/t10-/m1/s1. The molecule has 1 saturated heterocycles. The van der Waals surface area contributed by atoms with Crippen LogP contribution in [0.15, 0.2) is 12.1 Å². The quantitative estimate of drug-likeness (QED) is 0.496. The molecular weight excluding hydrogens is 311 g/mol. The molecule has 0 aromatic heterocycles. The molecule has 0 bridgehead atoms. The Hall–Kier alpha value is -1.75. The molecule has 120 valence electrons. The van der Waals surface area contributed by atoms with Crippen LogP contribution in [-0.4, -0.2) is 44.5 Å². The maximum absolute atomic E-state index is 14.2. The first-order valence-electron chi connectivity index (χ1n) is 6.90. The van der Waals surface area contributed by atoms with Crippen LogP contribution in [0.1, 0.15) is 6.92 Å². The van der Waals surface area contributed by atoms with Crippen molar-refractivity contribution in [3.05, 3.63) is 23.8 Å². The fraction of sp³-hybridized carbons (Fsp3) is 0.429. The van der Waals surface area contributed by atoms with Gasteiger partial charge in [-0.25, -0.2) is 13.6 Å². The van der Waals surface area contributed by atoms with Crippen LogP contribution in [0.4, 0.5) is 25.0 Å². The van der Waals surface area contributed by atoms with Crippen molar-refractivity contribution in [1.29, 1.82) is 5.41 Å². The van der Waals surface area contributed by atoms with Crippen molar-refractivity contribution in [2.24, 2.45) is 0 Å². The van der Waals surface area contributed by atoms with Gasteiger partial charge in [-0.1, -0.05) is 0 Å². The molecule has 1 aromatic carbocycles. The molecule has 2 atom stereocenters. The lowest BCUT2D eigenvalue weighted by atomic mass is 10.2. The molecule has 2 rings (SSSR count). The molecule has 1 amide bonds. The number of amides is 1. The van der Waals surface area contributed by atoms with Gasteiger partial charge in [-0.3, -0.25) is 10.3 Å². The van der Waals surface area contributed by atoms with Crippen molar-refractivity contribution in [2.75, 3.05) is 35.7 Å². The van der Waals surface area contributed by atoms with E-state index in [1.807, 2.05) is 6.66 Å². The largest absolute Gasteiger partial charge is 0.444 e. The summed E-state index contributed by atoms with van der Waals surface area (Å²) in [6.45, 7) is 4.25. The molecule has 0 radical (unpaired) electrons. The van der Waals surface area contributed by atoms with Gasteiger partial charge in [0.15, 0.2) is 11.6 Å². The Kier molecular flexibility index (Phi) is 5.29. The summed E-state index contributed by atoms with van der Waals surface area (Å²) in [6.07, 6.45) is 0.774. The van der Waals surface area contributed by atoms with Gasteiger partial charge >= 0.3 is 6.09 Å². The second kappa shape index (κ2) is 7.01. The molecular formula is C14H18F2N3O2P. The third-order valence-electron chi connectivity index (χ3n) is 3.40. The highest BCUT2D eigenvalue weighted by Crippen LogP contribution is 2.31. The van der Waals surface area contributed by atoms with E-state index >= 15 is 0 Å². The topological polar surface area (TPSA) is 56.6 Å². The summed E-state index contributed by atoms with van der Waals surface area (Å²) < 4.78 is 33.6. The Morgan fingerprint density at radius 3 is 2.64 bits per heavy atom. The minimum Gasteiger partial charge on any atom is -0.444 e. The Balaban J connectivity index is 2.31. The fourth-order valence-corrected chi connectivity index (χ4v) is 3.03. The number of cyclic esters (lactones) is 1. The molecule has 0 spiro atoms. The summed E-state index contributed by atoms with van der Waals surface area (Å²) in [7, 11) is 0.635. The van der Waals surface area contributed by atoms with E-state index in [1.165, 1.54) is 4.90 Å². The first kappa shape index (κ1) is 16.6. The van der Waals surface area contributed by atoms with Crippen molar-refractivity contribution in [3.63, 3.8) is 0 Å². The minimum absolute atomic E-state index is 0.131. The second-order valence-corrected chi connectivity index (χ2v) is 5.96. The first-order valence-corrected chi connectivity index (χ1v) is 8.61. The van der Waals surface area contributed by atoms with E-state index in [0.29, 0.717) is 15.1 Å². The third-order valence-corrected chi connectivity index (χ3v) is 4.27. The first-order chi connectivity index (χ1) is 10.5. The number of carbonyl (C=O) groups is 1. The van der Waals surface area contributed by atoms with Crippen molar-refractivity contribution in [1.82, 2.24) is 0 Å². The van der Waals surface area contributed by atoms with Crippen molar-refractivity contribution in [2.45, 2.75) is 13.0 Å². The van der Waals surface area contributed by atoms with Crippen LogP contribution in [0.5, 0.6) is 0 Å². The van der Waals surface area contributed by atoms with Crippen LogP contribution in [0, 0.1) is 17.0 Å². The summed E-state index contributed by atoms with van der Waals surface area (Å²) in [5.41, 5.74) is -0.160. The monoisotopic (exact) mass is 329 g/mol. The summed E-state index contributed by atoms with van der Waals surface area (Å²) in [4.78, 5) is 14.2. The highest BCUT2D eigenvalue weighted by atomic mass is 31.1. The van der Waals surface area contributed by atoms with Crippen molar-refractivity contribution < 1.29 is 18.3 Å². The zero-order chi connectivity index (χ0) is 16.3. The number of anilines is 2. The lowest BCUT2D eigenvalue weighted by Crippen LogP contribution is -2.26. The molecule has 22 heavy (non-hydrogen) atoms. The summed E-state index contributed by atoms with van der Waals surface area (Å²) in [6, 6.07) is 2.20. The van der Waals surface area contributed by atoms with Gasteiger partial charge in [0.1, 0.15) is 11.8 Å². The number of carbonyl (C=O) groups excluding carboxylic acids is 1. The molecule has 0 aliphatic carbocycles. The summed E-state index contributed by atoms with van der Waals surface area (Å²) >= 11 is 0. The number of nitrogens with zero attached hydrogens (tertiary/aromatic N) is 2. The molecule has 1 aliphatic rings. The number of hydrogen-bond donors (Lipinski definition) is 1. The Bertz CT molecular complexity index is 562. The van der Waals surface area contributed by atoms with Gasteiger partial charge in [0.25, 0.3) is 0 Å². The normalized spacial score (nSPS) is 18.1. The molecule has 1 heterocycles. The lowest BCUT2D eigenvalue weighted by molar-refractivity contribution is 0.151. The fourth-order valence-electron chi connectivity index (χ4n) is 2.36. The molecule has 8 heteroatoms. The van der Waals surface area contributed by atoms with Gasteiger partial charge in [0, 0.05) is 24.8 Å². The van der Waals surface area contributed by atoms with Gasteiger partial charge < -0.3 is 9.64 Å². The van der Waals surface area contributed by atoms with Crippen LogP contribution in [0.25, 0.3) is 0 Å². The van der Waals surface area contributed by atoms with Crippen molar-refractivity contribution in [3.8, 4) is 0 Å². The number of benzene rings is 1. The van der Waals surface area contributed by atoms with E-state index in [-0.39, 0.29) is 24.0 Å². The second-order valence-electron chi connectivity index (χ2n) is 4.85. The Morgan fingerprint density at radius 2 is 2.14 bits per heavy atom. The average Bonchev–Trinajstić information content (AvgIpc) is 2.84. The molecule has 1 aromatic rings. The molecule has 1 fully saturated rings. The number of halogens is 2. The van der Waals surface area contributed by atoms with Crippen LogP contribution < -0.4 is 9.80 Å². The number of hydrogen-bond acceptors (Lipinski definition) is 3. The predicted octanol–water partition coefficient (Wildman–Crippen LogP) is 3.03. The molecule has 1 N–H and O–H groups in total. The SMILES string of the molecule is CCN(C=N)c1c(F)cc(N2C[C@H](CPC)OC2=O)cc1F. The van der Waals surface area contributed by atoms with E-state index in [0.717, 1.165) is 29.5 Å². The number of nitrogens with one attached hydrogen (secondary N) is 1. The predicted molar refractivity (Wildman–Crippen MR) is 84.9 cm³/mol. The summed E-state index contributed by atoms with van der Waals surface area (Å²) in [5.74, 6) is -1.62. The maximum atomic E-state index is 14.2. The van der Waals surface area contributed by atoms with Crippen LogP contribution in [-0.2, 0) is 4.74 Å². The number of ether oxygens (including phenoxy) is 1. The van der Waals surface area contributed by atoms with E-state index in [1.54, 1.807) is 6.92 Å². The van der Waals surface area contributed by atoms with Gasteiger partial charge in [-0.2, -0.15) is 0 Å². The number of rotatable bonds is 6. The third kappa shape index (κ3) is 3.19. The highest BCUT2D eigenvalue weighted by molar-refractivity contribution is 7.37. The van der Waals surface area contributed by atoms with Crippen LogP contribution in [0.3, 0.4) is 0 Å². The minimum atomic E-state index is -0.811. The maximum Gasteiger partial charge on any atom is 0.414 e. The van der Waals surface area contributed by atoms with Crippen LogP contribution in [0.2, 0.25) is 0 Å². The van der Waals surface area contributed by atoms with Gasteiger partial charge in [-0.15, -0.1) is 8.58 Å². The lowest BCUT2D eigenvalue weighted by Gasteiger charge is -2.20. The van der Waals surface area contributed by atoms with Gasteiger partial charge in [0.2, 0.25) is 0 Å². The zero-order valence-electron chi connectivity index (χ0n) is 12.4. The van der Waals surface area contributed by atoms with Crippen molar-refractivity contribution >= 4 is 32.4 Å². The van der Waals surface area contributed by atoms with E-state index in [4.69, 9.17) is 10.1 Å². The van der Waals surface area contributed by atoms with E-state index in [9.17, 15) is 13.6 Å². The Labute approximate surface area is 129 Å². The average molecular weight is 329 g/mol. The molecule has 5 nitrogen and oxygen atoms in total. The smallest absolute Gasteiger partial charge is 0.414 e. The van der Waals surface area contributed by atoms with E-state index < -0.39 is 17.7 Å². The molecule has 0 saturated carbocycles. The zero-order valence-corrected chi connectivity index (χ0v) is 13.4. The van der Waals surface area contributed by atoms with Crippen LogP contribution >= 0.6 is 8.58 Å². The molecule has 1 aliphatic heterocycles. The van der Waals surface area contributed by atoms with Gasteiger partial charge in [0.05, 0.1) is 18.6 Å².